The van der Waals surface area contributed by atoms with Gasteiger partial charge < -0.3 is 5.32 Å². The fraction of sp³-hybridized carbons (Fsp3) is 0.727. The van der Waals surface area contributed by atoms with Crippen LogP contribution in [-0.4, -0.2) is 40.4 Å². The minimum absolute atomic E-state index is 0.655. The van der Waals surface area contributed by atoms with E-state index in [1.54, 1.807) is 0 Å². The molecule has 0 radical (unpaired) electrons. The quantitative estimate of drug-likeness (QED) is 0.773. The van der Waals surface area contributed by atoms with Gasteiger partial charge in [0.1, 0.15) is 0 Å². The van der Waals surface area contributed by atoms with E-state index >= 15 is 0 Å². The van der Waals surface area contributed by atoms with E-state index in [1.807, 2.05) is 17.9 Å². The molecule has 2 heterocycles. The van der Waals surface area contributed by atoms with Gasteiger partial charge in [-0.3, -0.25) is 9.58 Å². The second kappa shape index (κ2) is 4.77. The number of aryl methyl sites for hydroxylation is 1. The van der Waals surface area contributed by atoms with Crippen molar-refractivity contribution in [2.45, 2.75) is 25.9 Å². The number of hydrogen-bond acceptors (Lipinski definition) is 3. The van der Waals surface area contributed by atoms with Gasteiger partial charge in [-0.15, -0.1) is 0 Å². The van der Waals surface area contributed by atoms with Crippen LogP contribution in [-0.2, 0) is 13.6 Å². The highest BCUT2D eigenvalue weighted by Crippen LogP contribution is 2.10. The van der Waals surface area contributed by atoms with Gasteiger partial charge >= 0.3 is 0 Å². The van der Waals surface area contributed by atoms with Crippen LogP contribution in [0, 0.1) is 0 Å². The summed E-state index contributed by atoms with van der Waals surface area (Å²) >= 11 is 0. The lowest BCUT2D eigenvalue weighted by Crippen LogP contribution is -2.33. The Morgan fingerprint density at radius 3 is 3.13 bits per heavy atom. The summed E-state index contributed by atoms with van der Waals surface area (Å²) in [5.74, 6) is 0. The van der Waals surface area contributed by atoms with Crippen molar-refractivity contribution in [2.75, 3.05) is 19.6 Å². The number of rotatable bonds is 2. The first-order valence-electron chi connectivity index (χ1n) is 5.69. The van der Waals surface area contributed by atoms with Crippen molar-refractivity contribution in [1.29, 1.82) is 0 Å². The van der Waals surface area contributed by atoms with Crippen LogP contribution in [0.5, 0.6) is 0 Å². The zero-order valence-electron chi connectivity index (χ0n) is 9.61. The molecule has 0 aromatic carbocycles. The third-order valence-electron chi connectivity index (χ3n) is 3.07. The molecule has 0 bridgehead atoms. The SMILES string of the molecule is CC1CCNCCN1Cc1ccn(C)n1. The lowest BCUT2D eigenvalue weighted by Gasteiger charge is -2.25. The molecule has 1 aliphatic heterocycles. The van der Waals surface area contributed by atoms with Gasteiger partial charge in [-0.1, -0.05) is 0 Å². The molecule has 1 atom stereocenters. The monoisotopic (exact) mass is 208 g/mol. The standard InChI is InChI=1S/C11H20N4/c1-10-3-5-12-6-8-15(10)9-11-4-7-14(2)13-11/h4,7,10,12H,3,5-6,8-9H2,1-2H3. The Morgan fingerprint density at radius 2 is 2.40 bits per heavy atom. The molecule has 1 N–H and O–H groups in total. The summed E-state index contributed by atoms with van der Waals surface area (Å²) in [5, 5.41) is 7.86. The molecule has 1 fully saturated rings. The molecule has 1 aromatic heterocycles. The molecule has 1 aromatic rings. The Hall–Kier alpha value is -0.870. The molecule has 2 rings (SSSR count). The van der Waals surface area contributed by atoms with Crippen LogP contribution >= 0.6 is 0 Å². The molecular weight excluding hydrogens is 188 g/mol. The van der Waals surface area contributed by atoms with Crippen LogP contribution in [0.25, 0.3) is 0 Å². The average Bonchev–Trinajstić information content (AvgIpc) is 2.50. The van der Waals surface area contributed by atoms with Gasteiger partial charge in [-0.25, -0.2) is 0 Å². The van der Waals surface area contributed by atoms with E-state index in [9.17, 15) is 0 Å². The van der Waals surface area contributed by atoms with E-state index in [0.29, 0.717) is 6.04 Å². The summed E-state index contributed by atoms with van der Waals surface area (Å²) in [7, 11) is 1.97. The lowest BCUT2D eigenvalue weighted by atomic mass is 10.2. The summed E-state index contributed by atoms with van der Waals surface area (Å²) in [5.41, 5.74) is 1.17. The zero-order valence-corrected chi connectivity index (χ0v) is 9.61. The fourth-order valence-corrected chi connectivity index (χ4v) is 2.05. The summed E-state index contributed by atoms with van der Waals surface area (Å²) in [6.07, 6.45) is 3.24. The van der Waals surface area contributed by atoms with Crippen LogP contribution in [0.1, 0.15) is 19.0 Å². The highest BCUT2D eigenvalue weighted by atomic mass is 15.3. The number of nitrogens with zero attached hydrogens (tertiary/aromatic N) is 3. The molecule has 1 saturated heterocycles. The first kappa shape index (κ1) is 10.6. The van der Waals surface area contributed by atoms with Gasteiger partial charge in [0.25, 0.3) is 0 Å². The van der Waals surface area contributed by atoms with E-state index in [1.165, 1.54) is 12.1 Å². The van der Waals surface area contributed by atoms with Crippen LogP contribution in [0.3, 0.4) is 0 Å². The molecule has 15 heavy (non-hydrogen) atoms. The lowest BCUT2D eigenvalue weighted by molar-refractivity contribution is 0.208. The minimum atomic E-state index is 0.655. The first-order valence-corrected chi connectivity index (χ1v) is 5.69. The van der Waals surface area contributed by atoms with Crippen molar-refractivity contribution in [3.05, 3.63) is 18.0 Å². The van der Waals surface area contributed by atoms with Gasteiger partial charge in [-0.05, 0) is 26.0 Å². The summed E-state index contributed by atoms with van der Waals surface area (Å²) < 4.78 is 1.87. The second-order valence-electron chi connectivity index (χ2n) is 4.34. The van der Waals surface area contributed by atoms with Crippen LogP contribution in [0.15, 0.2) is 12.3 Å². The third kappa shape index (κ3) is 2.79. The Kier molecular flexibility index (Phi) is 3.38. The predicted octanol–water partition coefficient (Wildman–Crippen LogP) is 0.604. The highest BCUT2D eigenvalue weighted by molar-refractivity contribution is 4.99. The first-order chi connectivity index (χ1) is 7.25. The summed E-state index contributed by atoms with van der Waals surface area (Å²) in [6, 6.07) is 2.76. The van der Waals surface area contributed by atoms with Crippen LogP contribution in [0.2, 0.25) is 0 Å². The van der Waals surface area contributed by atoms with Crippen molar-refractivity contribution in [3.8, 4) is 0 Å². The van der Waals surface area contributed by atoms with E-state index in [0.717, 1.165) is 26.2 Å². The summed E-state index contributed by atoms with van der Waals surface area (Å²) in [4.78, 5) is 2.50. The van der Waals surface area contributed by atoms with Gasteiger partial charge in [0.2, 0.25) is 0 Å². The maximum atomic E-state index is 4.42. The molecule has 0 aliphatic carbocycles. The Balaban J connectivity index is 1.97. The normalized spacial score (nSPS) is 24.0. The maximum Gasteiger partial charge on any atom is 0.0764 e. The third-order valence-corrected chi connectivity index (χ3v) is 3.07. The van der Waals surface area contributed by atoms with Crippen molar-refractivity contribution >= 4 is 0 Å². The Morgan fingerprint density at radius 1 is 1.53 bits per heavy atom. The molecule has 4 nitrogen and oxygen atoms in total. The molecule has 84 valence electrons. The van der Waals surface area contributed by atoms with Crippen molar-refractivity contribution in [2.24, 2.45) is 7.05 Å². The van der Waals surface area contributed by atoms with Gasteiger partial charge in [-0.2, -0.15) is 5.10 Å². The zero-order chi connectivity index (χ0) is 10.7. The summed E-state index contributed by atoms with van der Waals surface area (Å²) in [6.45, 7) is 6.63. The largest absolute Gasteiger partial charge is 0.315 e. The van der Waals surface area contributed by atoms with Gasteiger partial charge in [0.05, 0.1) is 5.69 Å². The van der Waals surface area contributed by atoms with Crippen LogP contribution < -0.4 is 5.32 Å². The molecular formula is C11H20N4. The minimum Gasteiger partial charge on any atom is -0.315 e. The van der Waals surface area contributed by atoms with Gasteiger partial charge in [0, 0.05) is 38.9 Å². The topological polar surface area (TPSA) is 33.1 Å². The van der Waals surface area contributed by atoms with Crippen molar-refractivity contribution in [1.82, 2.24) is 20.0 Å². The molecule has 0 spiro atoms. The predicted molar refractivity (Wildman–Crippen MR) is 60.6 cm³/mol. The van der Waals surface area contributed by atoms with Crippen molar-refractivity contribution in [3.63, 3.8) is 0 Å². The fourth-order valence-electron chi connectivity index (χ4n) is 2.05. The molecule has 0 amide bonds. The highest BCUT2D eigenvalue weighted by Gasteiger charge is 2.17. The number of aromatic nitrogens is 2. The Labute approximate surface area is 91.3 Å². The number of nitrogens with one attached hydrogen (secondary N) is 1. The molecule has 0 saturated carbocycles. The van der Waals surface area contributed by atoms with E-state index in [2.05, 4.69) is 28.3 Å². The van der Waals surface area contributed by atoms with Crippen LogP contribution in [0.4, 0.5) is 0 Å². The Bertz CT molecular complexity index is 307. The molecule has 1 aliphatic rings. The van der Waals surface area contributed by atoms with E-state index in [4.69, 9.17) is 0 Å². The van der Waals surface area contributed by atoms with E-state index in [-0.39, 0.29) is 0 Å². The molecule has 1 unspecified atom stereocenters. The maximum absolute atomic E-state index is 4.42. The van der Waals surface area contributed by atoms with E-state index < -0.39 is 0 Å². The smallest absolute Gasteiger partial charge is 0.0764 e. The van der Waals surface area contributed by atoms with Gasteiger partial charge in [0.15, 0.2) is 0 Å². The van der Waals surface area contributed by atoms with Crippen molar-refractivity contribution < 1.29 is 0 Å². The number of hydrogen-bond donors (Lipinski definition) is 1. The second-order valence-corrected chi connectivity index (χ2v) is 4.34. The average molecular weight is 208 g/mol. The molecule has 4 heteroatoms.